The Hall–Kier alpha value is -2.54. The average molecular weight is 270 g/mol. The zero-order valence-electron chi connectivity index (χ0n) is 11.2. The molecule has 2 aromatic rings. The monoisotopic (exact) mass is 270 g/mol. The fourth-order valence-corrected chi connectivity index (χ4v) is 1.90. The lowest BCUT2D eigenvalue weighted by molar-refractivity contribution is 0.341. The Morgan fingerprint density at radius 1 is 1.25 bits per heavy atom. The van der Waals surface area contributed by atoms with Gasteiger partial charge in [0, 0.05) is 6.54 Å². The molecule has 0 aliphatic rings. The van der Waals surface area contributed by atoms with Gasteiger partial charge in [-0.3, -0.25) is 0 Å². The number of halogens is 1. The first-order chi connectivity index (χ1) is 9.74. The third-order valence-corrected chi connectivity index (χ3v) is 2.84. The van der Waals surface area contributed by atoms with Crippen LogP contribution in [0.4, 0.5) is 10.1 Å². The summed E-state index contributed by atoms with van der Waals surface area (Å²) in [6, 6.07) is 13.7. The third-order valence-electron chi connectivity index (χ3n) is 2.84. The molecule has 2 rings (SSSR count). The smallest absolute Gasteiger partial charge is 0.142 e. The normalized spacial score (nSPS) is 9.85. The van der Waals surface area contributed by atoms with Crippen LogP contribution in [0.15, 0.2) is 42.5 Å². The molecule has 0 radical (unpaired) electrons. The summed E-state index contributed by atoms with van der Waals surface area (Å²) in [6.45, 7) is 2.85. The molecule has 0 aliphatic carbocycles. The van der Waals surface area contributed by atoms with Gasteiger partial charge in [0.15, 0.2) is 0 Å². The number of anilines is 1. The second-order valence-electron chi connectivity index (χ2n) is 4.20. The van der Waals surface area contributed by atoms with E-state index < -0.39 is 0 Å². The first-order valence-corrected chi connectivity index (χ1v) is 6.38. The quantitative estimate of drug-likeness (QED) is 0.900. The number of nitrogens with zero attached hydrogens (tertiary/aromatic N) is 1. The molecule has 0 unspecified atom stereocenters. The van der Waals surface area contributed by atoms with E-state index in [4.69, 9.17) is 10.00 Å². The Bertz CT molecular complexity index is 635. The average Bonchev–Trinajstić information content (AvgIpc) is 2.47. The van der Waals surface area contributed by atoms with E-state index in [0.717, 1.165) is 11.4 Å². The summed E-state index contributed by atoms with van der Waals surface area (Å²) in [6.07, 6.45) is 0. The minimum Gasteiger partial charge on any atom is -0.492 e. The Kier molecular flexibility index (Phi) is 4.56. The third kappa shape index (κ3) is 3.27. The molecule has 0 fully saturated rings. The van der Waals surface area contributed by atoms with Crippen molar-refractivity contribution in [1.82, 2.24) is 0 Å². The predicted octanol–water partition coefficient (Wildman–Crippen LogP) is 3.71. The number of rotatable bonds is 5. The maximum Gasteiger partial charge on any atom is 0.142 e. The van der Waals surface area contributed by atoms with Crippen LogP contribution in [0.5, 0.6) is 5.75 Å². The first kappa shape index (κ1) is 13.9. The largest absolute Gasteiger partial charge is 0.492 e. The lowest BCUT2D eigenvalue weighted by atomic mass is 10.1. The van der Waals surface area contributed by atoms with Crippen LogP contribution in [0, 0.1) is 17.1 Å². The van der Waals surface area contributed by atoms with Crippen molar-refractivity contribution in [1.29, 1.82) is 5.26 Å². The van der Waals surface area contributed by atoms with E-state index in [1.807, 2.05) is 31.2 Å². The van der Waals surface area contributed by atoms with Crippen molar-refractivity contribution >= 4 is 5.69 Å². The van der Waals surface area contributed by atoms with Gasteiger partial charge in [-0.25, -0.2) is 4.39 Å². The molecule has 0 atom stereocenters. The summed E-state index contributed by atoms with van der Waals surface area (Å²) >= 11 is 0. The maximum absolute atomic E-state index is 13.2. The Morgan fingerprint density at radius 2 is 2.05 bits per heavy atom. The first-order valence-electron chi connectivity index (χ1n) is 6.38. The summed E-state index contributed by atoms with van der Waals surface area (Å²) in [5.41, 5.74) is 1.91. The molecule has 20 heavy (non-hydrogen) atoms. The van der Waals surface area contributed by atoms with Crippen LogP contribution in [0.25, 0.3) is 0 Å². The Balaban J connectivity index is 2.17. The van der Waals surface area contributed by atoms with Gasteiger partial charge in [0.05, 0.1) is 23.9 Å². The molecule has 0 aliphatic heterocycles. The van der Waals surface area contributed by atoms with Gasteiger partial charge in [-0.15, -0.1) is 0 Å². The van der Waals surface area contributed by atoms with E-state index in [9.17, 15) is 4.39 Å². The van der Waals surface area contributed by atoms with Crippen molar-refractivity contribution in [2.75, 3.05) is 11.9 Å². The van der Waals surface area contributed by atoms with Crippen molar-refractivity contribution < 1.29 is 9.13 Å². The molecule has 0 bridgehead atoms. The number of nitriles is 1. The van der Waals surface area contributed by atoms with E-state index >= 15 is 0 Å². The highest BCUT2D eigenvalue weighted by Crippen LogP contribution is 2.24. The second kappa shape index (κ2) is 6.58. The topological polar surface area (TPSA) is 45.0 Å². The molecule has 1 N–H and O–H groups in total. The van der Waals surface area contributed by atoms with Crippen molar-refractivity contribution in [2.24, 2.45) is 0 Å². The molecule has 0 amide bonds. The van der Waals surface area contributed by atoms with Gasteiger partial charge in [-0.2, -0.15) is 5.26 Å². The van der Waals surface area contributed by atoms with Gasteiger partial charge in [0.2, 0.25) is 0 Å². The summed E-state index contributed by atoms with van der Waals surface area (Å²) in [4.78, 5) is 0. The number of nitrogens with one attached hydrogen (secondary N) is 1. The highest BCUT2D eigenvalue weighted by atomic mass is 19.1. The summed E-state index contributed by atoms with van der Waals surface area (Å²) in [5.74, 6) is 0.392. The van der Waals surface area contributed by atoms with Crippen LogP contribution >= 0.6 is 0 Å². The SMILES string of the molecule is CCOc1ccccc1NCc1cc(F)ccc1C#N. The van der Waals surface area contributed by atoms with E-state index in [2.05, 4.69) is 11.4 Å². The number of ether oxygens (including phenoxy) is 1. The van der Waals surface area contributed by atoms with Crippen LogP contribution < -0.4 is 10.1 Å². The highest BCUT2D eigenvalue weighted by molar-refractivity contribution is 5.56. The predicted molar refractivity (Wildman–Crippen MR) is 76.1 cm³/mol. The molecular weight excluding hydrogens is 255 g/mol. The van der Waals surface area contributed by atoms with Crippen molar-refractivity contribution in [3.05, 3.63) is 59.4 Å². The van der Waals surface area contributed by atoms with E-state index in [-0.39, 0.29) is 5.82 Å². The fraction of sp³-hybridized carbons (Fsp3) is 0.188. The number of para-hydroxylation sites is 2. The van der Waals surface area contributed by atoms with Gasteiger partial charge in [-0.1, -0.05) is 12.1 Å². The zero-order chi connectivity index (χ0) is 14.4. The van der Waals surface area contributed by atoms with Gasteiger partial charge in [0.1, 0.15) is 11.6 Å². The van der Waals surface area contributed by atoms with Crippen molar-refractivity contribution in [3.8, 4) is 11.8 Å². The van der Waals surface area contributed by atoms with Crippen LogP contribution in [-0.2, 0) is 6.54 Å². The molecule has 0 saturated carbocycles. The van der Waals surface area contributed by atoms with E-state index in [0.29, 0.717) is 24.3 Å². The molecule has 0 spiro atoms. The van der Waals surface area contributed by atoms with Gasteiger partial charge in [0.25, 0.3) is 0 Å². The lowest BCUT2D eigenvalue weighted by Gasteiger charge is -2.12. The van der Waals surface area contributed by atoms with Crippen molar-refractivity contribution in [2.45, 2.75) is 13.5 Å². The van der Waals surface area contributed by atoms with E-state index in [1.54, 1.807) is 0 Å². The molecule has 4 heteroatoms. The molecular formula is C16H15FN2O. The highest BCUT2D eigenvalue weighted by Gasteiger charge is 2.06. The maximum atomic E-state index is 13.2. The van der Waals surface area contributed by atoms with Gasteiger partial charge in [-0.05, 0) is 42.8 Å². The Morgan fingerprint density at radius 3 is 2.80 bits per heavy atom. The second-order valence-corrected chi connectivity index (χ2v) is 4.20. The van der Waals surface area contributed by atoms with Crippen LogP contribution in [0.2, 0.25) is 0 Å². The molecule has 2 aromatic carbocycles. The molecule has 102 valence electrons. The minimum absolute atomic E-state index is 0.348. The van der Waals surface area contributed by atoms with Gasteiger partial charge < -0.3 is 10.1 Å². The number of hydrogen-bond acceptors (Lipinski definition) is 3. The van der Waals surface area contributed by atoms with Crippen LogP contribution in [0.3, 0.4) is 0 Å². The minimum atomic E-state index is -0.348. The van der Waals surface area contributed by atoms with Crippen LogP contribution in [0.1, 0.15) is 18.1 Å². The lowest BCUT2D eigenvalue weighted by Crippen LogP contribution is -2.04. The molecule has 3 nitrogen and oxygen atoms in total. The summed E-state index contributed by atoms with van der Waals surface area (Å²) in [5, 5.41) is 12.2. The number of benzene rings is 2. The molecule has 0 heterocycles. The fourth-order valence-electron chi connectivity index (χ4n) is 1.90. The Labute approximate surface area is 117 Å². The summed E-state index contributed by atoms with van der Waals surface area (Å²) in [7, 11) is 0. The van der Waals surface area contributed by atoms with Crippen LogP contribution in [-0.4, -0.2) is 6.61 Å². The standard InChI is InChI=1S/C16H15FN2O/c1-2-20-16-6-4-3-5-15(16)19-11-13-9-14(17)8-7-12(13)10-18/h3-9,19H,2,11H2,1H3. The molecule has 0 aromatic heterocycles. The number of hydrogen-bond donors (Lipinski definition) is 1. The molecule has 0 saturated heterocycles. The van der Waals surface area contributed by atoms with Crippen molar-refractivity contribution in [3.63, 3.8) is 0 Å². The summed E-state index contributed by atoms with van der Waals surface area (Å²) < 4.78 is 18.8. The zero-order valence-corrected chi connectivity index (χ0v) is 11.2. The van der Waals surface area contributed by atoms with Gasteiger partial charge >= 0.3 is 0 Å². The van der Waals surface area contributed by atoms with E-state index in [1.165, 1.54) is 18.2 Å².